The molecule has 0 atom stereocenters. The second-order valence-electron chi connectivity index (χ2n) is 6.34. The fourth-order valence-electron chi connectivity index (χ4n) is 2.63. The number of aromatic nitrogens is 4. The van der Waals surface area contributed by atoms with Crippen LogP contribution in [0.15, 0.2) is 66.9 Å². The van der Waals surface area contributed by atoms with Gasteiger partial charge in [0.15, 0.2) is 5.82 Å². The topological polar surface area (TPSA) is 81.9 Å². The van der Waals surface area contributed by atoms with Crippen LogP contribution < -0.4 is 10.1 Å². The third-order valence-corrected chi connectivity index (χ3v) is 4.09. The quantitative estimate of drug-likeness (QED) is 0.534. The Morgan fingerprint density at radius 3 is 2.43 bits per heavy atom. The van der Waals surface area contributed by atoms with Gasteiger partial charge >= 0.3 is 0 Å². The zero-order valence-electron chi connectivity index (χ0n) is 15.7. The lowest BCUT2D eigenvalue weighted by Crippen LogP contribution is -2.13. The van der Waals surface area contributed by atoms with Gasteiger partial charge in [-0.3, -0.25) is 4.79 Å². The number of carbonyl (C=O) groups is 1. The molecule has 1 amide bonds. The second-order valence-corrected chi connectivity index (χ2v) is 6.34. The van der Waals surface area contributed by atoms with E-state index in [9.17, 15) is 13.6 Å². The molecular formula is C21H15F2N5O2. The lowest BCUT2D eigenvalue weighted by molar-refractivity contribution is 0.102. The largest absolute Gasteiger partial charge is 0.438 e. The summed E-state index contributed by atoms with van der Waals surface area (Å²) in [4.78, 5) is 12.1. The maximum absolute atomic E-state index is 13.7. The predicted molar refractivity (Wildman–Crippen MR) is 105 cm³/mol. The van der Waals surface area contributed by atoms with E-state index in [1.54, 1.807) is 47.3 Å². The van der Waals surface area contributed by atoms with Crippen molar-refractivity contribution in [2.75, 3.05) is 5.32 Å². The highest BCUT2D eigenvalue weighted by Gasteiger charge is 2.13. The van der Waals surface area contributed by atoms with Crippen molar-refractivity contribution in [3.05, 3.63) is 89.8 Å². The van der Waals surface area contributed by atoms with E-state index in [1.807, 2.05) is 13.0 Å². The van der Waals surface area contributed by atoms with Gasteiger partial charge in [0.2, 0.25) is 5.88 Å². The van der Waals surface area contributed by atoms with Crippen LogP contribution in [0, 0.1) is 18.6 Å². The molecule has 2 aromatic carbocycles. The van der Waals surface area contributed by atoms with E-state index in [0.717, 1.165) is 17.8 Å². The summed E-state index contributed by atoms with van der Waals surface area (Å²) in [5, 5.41) is 14.9. The standard InChI is InChI=1S/C21H15F2N5O2/c1-13-10-11-28(27-13)19-8-9-20(26-25-19)30-16-5-3-15(4-6-16)24-21(29)17-7-2-14(22)12-18(17)23/h2-12H,1H3,(H,24,29). The molecule has 4 aromatic rings. The molecule has 1 N–H and O–H groups in total. The minimum absolute atomic E-state index is 0.250. The number of halogens is 2. The normalized spacial score (nSPS) is 10.6. The van der Waals surface area contributed by atoms with E-state index in [2.05, 4.69) is 20.6 Å². The molecule has 0 aliphatic heterocycles. The van der Waals surface area contributed by atoms with Crippen molar-refractivity contribution in [3.63, 3.8) is 0 Å². The zero-order chi connectivity index (χ0) is 21.1. The molecule has 0 saturated carbocycles. The number of aryl methyl sites for hydroxylation is 1. The third-order valence-electron chi connectivity index (χ3n) is 4.09. The minimum atomic E-state index is -0.931. The molecule has 0 radical (unpaired) electrons. The number of hydrogen-bond acceptors (Lipinski definition) is 5. The third kappa shape index (κ3) is 4.30. The van der Waals surface area contributed by atoms with E-state index >= 15 is 0 Å². The summed E-state index contributed by atoms with van der Waals surface area (Å²) in [6.07, 6.45) is 1.78. The lowest BCUT2D eigenvalue weighted by Gasteiger charge is -2.08. The molecule has 9 heteroatoms. The first-order chi connectivity index (χ1) is 14.5. The van der Waals surface area contributed by atoms with Gasteiger partial charge in [0.05, 0.1) is 11.3 Å². The average Bonchev–Trinajstić information content (AvgIpc) is 3.16. The predicted octanol–water partition coefficient (Wildman–Crippen LogP) is 4.29. The number of rotatable bonds is 5. The second kappa shape index (κ2) is 8.08. The number of carbonyl (C=O) groups excluding carboxylic acids is 1. The van der Waals surface area contributed by atoms with Crippen LogP contribution in [0.25, 0.3) is 5.82 Å². The van der Waals surface area contributed by atoms with E-state index in [4.69, 9.17) is 4.74 Å². The Kier molecular flexibility index (Phi) is 5.17. The van der Waals surface area contributed by atoms with Crippen LogP contribution in [-0.2, 0) is 0 Å². The van der Waals surface area contributed by atoms with Gasteiger partial charge < -0.3 is 10.1 Å². The number of anilines is 1. The van der Waals surface area contributed by atoms with Gasteiger partial charge in [-0.25, -0.2) is 13.5 Å². The first-order valence-electron chi connectivity index (χ1n) is 8.89. The molecule has 0 aliphatic carbocycles. The Labute approximate surface area is 170 Å². The van der Waals surface area contributed by atoms with Crippen molar-refractivity contribution in [2.24, 2.45) is 0 Å². The van der Waals surface area contributed by atoms with Crippen LogP contribution in [0.2, 0.25) is 0 Å². The van der Waals surface area contributed by atoms with Gasteiger partial charge in [-0.15, -0.1) is 10.2 Å². The first kappa shape index (κ1) is 19.2. The highest BCUT2D eigenvalue weighted by atomic mass is 19.1. The van der Waals surface area contributed by atoms with E-state index < -0.39 is 17.5 Å². The highest BCUT2D eigenvalue weighted by molar-refractivity contribution is 6.04. The van der Waals surface area contributed by atoms with Crippen LogP contribution in [0.1, 0.15) is 16.1 Å². The van der Waals surface area contributed by atoms with Crippen LogP contribution in [-0.4, -0.2) is 25.9 Å². The maximum atomic E-state index is 13.7. The number of nitrogens with zero attached hydrogens (tertiary/aromatic N) is 4. The summed E-state index contributed by atoms with van der Waals surface area (Å²) in [6.45, 7) is 1.88. The SMILES string of the molecule is Cc1ccn(-c2ccc(Oc3ccc(NC(=O)c4ccc(F)cc4F)cc3)nn2)n1. The Morgan fingerprint density at radius 1 is 1.00 bits per heavy atom. The zero-order valence-corrected chi connectivity index (χ0v) is 15.7. The van der Waals surface area contributed by atoms with Gasteiger partial charge in [0.25, 0.3) is 5.91 Å². The van der Waals surface area contributed by atoms with Crippen molar-refractivity contribution >= 4 is 11.6 Å². The lowest BCUT2D eigenvalue weighted by atomic mass is 10.2. The molecule has 0 aliphatic rings. The molecule has 0 fully saturated rings. The monoisotopic (exact) mass is 407 g/mol. The molecule has 0 unspecified atom stereocenters. The van der Waals surface area contributed by atoms with Gasteiger partial charge in [0, 0.05) is 24.0 Å². The molecule has 7 nitrogen and oxygen atoms in total. The molecule has 4 rings (SSSR count). The molecule has 30 heavy (non-hydrogen) atoms. The van der Waals surface area contributed by atoms with Crippen LogP contribution >= 0.6 is 0 Å². The molecule has 0 spiro atoms. The summed E-state index contributed by atoms with van der Waals surface area (Å²) in [5.74, 6) is -1.05. The Balaban J connectivity index is 1.40. The molecular weight excluding hydrogens is 392 g/mol. The van der Waals surface area contributed by atoms with Crippen molar-refractivity contribution in [3.8, 4) is 17.4 Å². The Hall–Kier alpha value is -4.14. The Bertz CT molecular complexity index is 1190. The summed E-state index contributed by atoms with van der Waals surface area (Å²) in [6, 6.07) is 14.4. The maximum Gasteiger partial charge on any atom is 0.258 e. The van der Waals surface area contributed by atoms with E-state index in [0.29, 0.717) is 23.3 Å². The summed E-state index contributed by atoms with van der Waals surface area (Å²) in [5.41, 5.74) is 1.04. The Morgan fingerprint density at radius 2 is 1.80 bits per heavy atom. The van der Waals surface area contributed by atoms with Crippen LogP contribution in [0.3, 0.4) is 0 Å². The van der Waals surface area contributed by atoms with E-state index in [-0.39, 0.29) is 11.4 Å². The first-order valence-corrected chi connectivity index (χ1v) is 8.89. The van der Waals surface area contributed by atoms with Crippen LogP contribution in [0.5, 0.6) is 11.6 Å². The molecule has 0 bridgehead atoms. The molecule has 150 valence electrons. The van der Waals surface area contributed by atoms with Crippen molar-refractivity contribution < 1.29 is 18.3 Å². The summed E-state index contributed by atoms with van der Waals surface area (Å²) < 4.78 is 33.9. The van der Waals surface area contributed by atoms with Crippen molar-refractivity contribution in [1.82, 2.24) is 20.0 Å². The average molecular weight is 407 g/mol. The molecule has 2 heterocycles. The van der Waals surface area contributed by atoms with Gasteiger partial charge in [-0.2, -0.15) is 5.10 Å². The van der Waals surface area contributed by atoms with Crippen molar-refractivity contribution in [1.29, 1.82) is 0 Å². The van der Waals surface area contributed by atoms with E-state index in [1.165, 1.54) is 0 Å². The number of ether oxygens (including phenoxy) is 1. The number of benzene rings is 2. The number of nitrogens with one attached hydrogen (secondary N) is 1. The fraction of sp³-hybridized carbons (Fsp3) is 0.0476. The van der Waals surface area contributed by atoms with Gasteiger partial charge in [-0.1, -0.05) is 0 Å². The molecule has 0 saturated heterocycles. The molecule has 2 aromatic heterocycles. The van der Waals surface area contributed by atoms with Gasteiger partial charge in [0.1, 0.15) is 17.4 Å². The van der Waals surface area contributed by atoms with Gasteiger partial charge in [-0.05, 0) is 55.5 Å². The summed E-state index contributed by atoms with van der Waals surface area (Å²) in [7, 11) is 0. The number of hydrogen-bond donors (Lipinski definition) is 1. The highest BCUT2D eigenvalue weighted by Crippen LogP contribution is 2.22. The van der Waals surface area contributed by atoms with Crippen molar-refractivity contribution in [2.45, 2.75) is 6.92 Å². The minimum Gasteiger partial charge on any atom is -0.438 e. The van der Waals surface area contributed by atoms with Crippen LogP contribution in [0.4, 0.5) is 14.5 Å². The summed E-state index contributed by atoms with van der Waals surface area (Å²) >= 11 is 0. The fourth-order valence-corrected chi connectivity index (χ4v) is 2.63. The smallest absolute Gasteiger partial charge is 0.258 e. The number of amides is 1.